The van der Waals surface area contributed by atoms with Gasteiger partial charge in [-0.3, -0.25) is 9.36 Å². The summed E-state index contributed by atoms with van der Waals surface area (Å²) in [6.45, 7) is 0.391. The van der Waals surface area contributed by atoms with Gasteiger partial charge in [0.25, 0.3) is 0 Å². The maximum Gasteiger partial charge on any atom is 0.221 e. The summed E-state index contributed by atoms with van der Waals surface area (Å²) in [4.78, 5) is 11.6. The number of carbonyl (C=O) groups excluding carboxylic acids is 1. The molecule has 0 aliphatic rings. The van der Waals surface area contributed by atoms with Crippen LogP contribution in [0.1, 0.15) is 12.2 Å². The third-order valence-corrected chi connectivity index (χ3v) is 3.24. The van der Waals surface area contributed by atoms with Crippen molar-refractivity contribution < 1.29 is 4.79 Å². The zero-order valence-electron chi connectivity index (χ0n) is 10.7. The third kappa shape index (κ3) is 3.82. The predicted molar refractivity (Wildman–Crippen MR) is 76.2 cm³/mol. The minimum atomic E-state index is 0.0389. The highest BCUT2D eigenvalue weighted by molar-refractivity contribution is 7.98. The lowest BCUT2D eigenvalue weighted by Crippen LogP contribution is -2.24. The molecule has 1 heterocycles. The number of carbonyl (C=O) groups is 1. The average molecular weight is 276 g/mol. The molecular weight excluding hydrogens is 260 g/mol. The lowest BCUT2D eigenvalue weighted by molar-refractivity contribution is -0.120. The monoisotopic (exact) mass is 276 g/mol. The van der Waals surface area contributed by atoms with E-state index < -0.39 is 0 Å². The number of para-hydroxylation sites is 1. The van der Waals surface area contributed by atoms with Crippen molar-refractivity contribution in [2.24, 2.45) is 0 Å². The molecule has 19 heavy (non-hydrogen) atoms. The Hall–Kier alpha value is -1.82. The molecule has 0 radical (unpaired) electrons. The molecule has 5 nitrogen and oxygen atoms in total. The Balaban J connectivity index is 1.99. The van der Waals surface area contributed by atoms with Crippen LogP contribution in [0.3, 0.4) is 0 Å². The third-order valence-electron chi connectivity index (χ3n) is 2.63. The summed E-state index contributed by atoms with van der Waals surface area (Å²) < 4.78 is 1.87. The first-order valence-electron chi connectivity index (χ1n) is 6.01. The highest BCUT2D eigenvalue weighted by Gasteiger charge is 2.07. The van der Waals surface area contributed by atoms with E-state index >= 15 is 0 Å². The minimum absolute atomic E-state index is 0.0389. The van der Waals surface area contributed by atoms with Gasteiger partial charge in [0.2, 0.25) is 5.91 Å². The van der Waals surface area contributed by atoms with Crippen LogP contribution in [0, 0.1) is 0 Å². The molecule has 1 N–H and O–H groups in total. The number of thioether (sulfide) groups is 1. The topological polar surface area (TPSA) is 59.8 Å². The molecule has 0 saturated carbocycles. The van der Waals surface area contributed by atoms with Crippen LogP contribution < -0.4 is 5.32 Å². The smallest absolute Gasteiger partial charge is 0.221 e. The number of rotatable bonds is 6. The zero-order valence-corrected chi connectivity index (χ0v) is 11.6. The molecule has 0 saturated heterocycles. The van der Waals surface area contributed by atoms with E-state index in [9.17, 15) is 4.79 Å². The van der Waals surface area contributed by atoms with Gasteiger partial charge in [0.1, 0.15) is 6.33 Å². The van der Waals surface area contributed by atoms with E-state index in [-0.39, 0.29) is 5.91 Å². The van der Waals surface area contributed by atoms with Crippen molar-refractivity contribution >= 4 is 17.7 Å². The Kier molecular flexibility index (Phi) is 4.97. The number of hydrogen-bond donors (Lipinski definition) is 1. The Labute approximate surface area is 116 Å². The molecular formula is C13H16N4OS. The van der Waals surface area contributed by atoms with Gasteiger partial charge in [-0.05, 0) is 18.4 Å². The van der Waals surface area contributed by atoms with Gasteiger partial charge in [-0.15, -0.1) is 10.2 Å². The zero-order chi connectivity index (χ0) is 13.5. The minimum Gasteiger partial charge on any atom is -0.349 e. The van der Waals surface area contributed by atoms with Crippen LogP contribution in [-0.2, 0) is 11.3 Å². The maximum absolute atomic E-state index is 11.6. The van der Waals surface area contributed by atoms with Gasteiger partial charge in [0.15, 0.2) is 5.82 Å². The maximum atomic E-state index is 11.6. The van der Waals surface area contributed by atoms with Crippen LogP contribution in [0.4, 0.5) is 0 Å². The van der Waals surface area contributed by atoms with Crippen molar-refractivity contribution in [3.8, 4) is 5.69 Å². The molecule has 100 valence electrons. The van der Waals surface area contributed by atoms with Gasteiger partial charge in [-0.25, -0.2) is 0 Å². The molecule has 0 fully saturated rings. The Morgan fingerprint density at radius 1 is 1.37 bits per heavy atom. The summed E-state index contributed by atoms with van der Waals surface area (Å²) in [5.74, 6) is 1.60. The molecule has 2 aromatic rings. The van der Waals surface area contributed by atoms with Crippen molar-refractivity contribution in [2.45, 2.75) is 13.0 Å². The predicted octanol–water partition coefficient (Wildman–Crippen LogP) is 1.64. The second-order valence-electron chi connectivity index (χ2n) is 3.97. The van der Waals surface area contributed by atoms with Crippen molar-refractivity contribution in [1.82, 2.24) is 20.1 Å². The highest BCUT2D eigenvalue weighted by atomic mass is 32.2. The van der Waals surface area contributed by atoms with Crippen LogP contribution in [-0.4, -0.2) is 32.7 Å². The molecule has 6 heteroatoms. The van der Waals surface area contributed by atoms with Gasteiger partial charge in [-0.1, -0.05) is 18.2 Å². The van der Waals surface area contributed by atoms with Crippen molar-refractivity contribution in [3.05, 3.63) is 42.5 Å². The normalized spacial score (nSPS) is 10.4. The molecule has 0 aliphatic carbocycles. The molecule has 0 atom stereocenters. The lowest BCUT2D eigenvalue weighted by atomic mass is 10.3. The molecule has 1 amide bonds. The molecule has 0 unspecified atom stereocenters. The number of nitrogens with zero attached hydrogens (tertiary/aromatic N) is 3. The lowest BCUT2D eigenvalue weighted by Gasteiger charge is -2.07. The van der Waals surface area contributed by atoms with Crippen molar-refractivity contribution in [3.63, 3.8) is 0 Å². The standard InChI is InChI=1S/C13H16N4OS/c1-19-8-7-13(18)14-9-12-16-15-10-17(12)11-5-3-2-4-6-11/h2-6,10H,7-9H2,1H3,(H,14,18). The summed E-state index contributed by atoms with van der Waals surface area (Å²) in [5, 5.41) is 10.8. The Morgan fingerprint density at radius 3 is 2.89 bits per heavy atom. The second-order valence-corrected chi connectivity index (χ2v) is 4.96. The van der Waals surface area contributed by atoms with E-state index in [1.807, 2.05) is 41.2 Å². The number of amides is 1. The Morgan fingerprint density at radius 2 is 2.16 bits per heavy atom. The summed E-state index contributed by atoms with van der Waals surface area (Å²) in [7, 11) is 0. The van der Waals surface area contributed by atoms with Gasteiger partial charge >= 0.3 is 0 Å². The van der Waals surface area contributed by atoms with Crippen molar-refractivity contribution in [2.75, 3.05) is 12.0 Å². The summed E-state index contributed by atoms with van der Waals surface area (Å²) >= 11 is 1.66. The molecule has 2 rings (SSSR count). The van der Waals surface area contributed by atoms with E-state index in [0.717, 1.165) is 17.3 Å². The number of hydrogen-bond acceptors (Lipinski definition) is 4. The fourth-order valence-corrected chi connectivity index (χ4v) is 2.03. The largest absolute Gasteiger partial charge is 0.349 e. The number of aromatic nitrogens is 3. The fraction of sp³-hybridized carbons (Fsp3) is 0.308. The SMILES string of the molecule is CSCCC(=O)NCc1nncn1-c1ccccc1. The van der Waals surface area contributed by atoms with Gasteiger partial charge < -0.3 is 5.32 Å². The average Bonchev–Trinajstić information content (AvgIpc) is 2.92. The van der Waals surface area contributed by atoms with E-state index in [0.29, 0.717) is 13.0 Å². The fourth-order valence-electron chi connectivity index (χ4n) is 1.64. The van der Waals surface area contributed by atoms with Gasteiger partial charge in [0, 0.05) is 17.9 Å². The van der Waals surface area contributed by atoms with Gasteiger partial charge in [0.05, 0.1) is 6.54 Å². The molecule has 1 aromatic carbocycles. The quantitative estimate of drug-likeness (QED) is 0.871. The van der Waals surface area contributed by atoms with Crippen LogP contribution in [0.25, 0.3) is 5.69 Å². The Bertz CT molecular complexity index is 526. The van der Waals surface area contributed by atoms with Crippen LogP contribution >= 0.6 is 11.8 Å². The first-order chi connectivity index (χ1) is 9.31. The highest BCUT2D eigenvalue weighted by Crippen LogP contribution is 2.08. The summed E-state index contributed by atoms with van der Waals surface area (Å²) in [5.41, 5.74) is 0.987. The summed E-state index contributed by atoms with van der Waals surface area (Å²) in [6, 6.07) is 9.81. The van der Waals surface area contributed by atoms with Gasteiger partial charge in [-0.2, -0.15) is 11.8 Å². The molecule has 0 spiro atoms. The molecule has 0 bridgehead atoms. The first kappa shape index (κ1) is 13.6. The van der Waals surface area contributed by atoms with Crippen molar-refractivity contribution in [1.29, 1.82) is 0 Å². The first-order valence-corrected chi connectivity index (χ1v) is 7.40. The van der Waals surface area contributed by atoms with Crippen LogP contribution in [0.15, 0.2) is 36.7 Å². The molecule has 1 aromatic heterocycles. The van der Waals surface area contributed by atoms with E-state index in [4.69, 9.17) is 0 Å². The number of benzene rings is 1. The summed E-state index contributed by atoms with van der Waals surface area (Å²) in [6.07, 6.45) is 4.17. The molecule has 0 aliphatic heterocycles. The van der Waals surface area contributed by atoms with E-state index in [1.54, 1.807) is 18.1 Å². The van der Waals surface area contributed by atoms with Crippen LogP contribution in [0.5, 0.6) is 0 Å². The number of nitrogens with one attached hydrogen (secondary N) is 1. The van der Waals surface area contributed by atoms with E-state index in [1.165, 1.54) is 0 Å². The van der Waals surface area contributed by atoms with Crippen LogP contribution in [0.2, 0.25) is 0 Å². The second kappa shape index (κ2) is 6.94. The van der Waals surface area contributed by atoms with E-state index in [2.05, 4.69) is 15.5 Å².